The predicted octanol–water partition coefficient (Wildman–Crippen LogP) is -3.41. The van der Waals surface area contributed by atoms with Crippen LogP contribution in [-0.2, 0) is 4.79 Å². The zero-order chi connectivity index (χ0) is 9.72. The third-order valence-electron chi connectivity index (χ3n) is 1.39. The lowest BCUT2D eigenvalue weighted by atomic mass is 10.1. The van der Waals surface area contributed by atoms with Crippen molar-refractivity contribution in [2.24, 2.45) is 5.73 Å². The highest BCUT2D eigenvalue weighted by atomic mass is 16.4. The van der Waals surface area contributed by atoms with Gasteiger partial charge in [-0.3, -0.25) is 4.79 Å². The standard InChI is InChI=1S/C6H13NO5/c7-1-3(9)5(11)6(12)4(10)2-8/h3-4,6,8-10,12H,1-2,7H2/t3-,4?,6-/m1/s1. The lowest BCUT2D eigenvalue weighted by Crippen LogP contribution is -2.44. The van der Waals surface area contributed by atoms with Crippen molar-refractivity contribution in [2.75, 3.05) is 13.2 Å². The van der Waals surface area contributed by atoms with E-state index in [2.05, 4.69) is 0 Å². The molecular weight excluding hydrogens is 166 g/mol. The largest absolute Gasteiger partial charge is 0.394 e. The van der Waals surface area contributed by atoms with Gasteiger partial charge < -0.3 is 26.2 Å². The van der Waals surface area contributed by atoms with E-state index in [1.54, 1.807) is 0 Å². The first-order valence-electron chi connectivity index (χ1n) is 3.43. The number of nitrogens with two attached hydrogens (primary N) is 1. The maximum absolute atomic E-state index is 10.8. The molecule has 0 aliphatic rings. The van der Waals surface area contributed by atoms with Crippen LogP contribution in [0.15, 0.2) is 0 Å². The van der Waals surface area contributed by atoms with E-state index in [1.165, 1.54) is 0 Å². The van der Waals surface area contributed by atoms with Crippen molar-refractivity contribution in [2.45, 2.75) is 18.3 Å². The molecule has 0 aromatic heterocycles. The van der Waals surface area contributed by atoms with Crippen LogP contribution < -0.4 is 5.73 Å². The Labute approximate surface area is 69.2 Å². The van der Waals surface area contributed by atoms with Gasteiger partial charge in [-0.25, -0.2) is 0 Å². The number of aliphatic hydroxyl groups is 4. The highest BCUT2D eigenvalue weighted by Crippen LogP contribution is 1.97. The van der Waals surface area contributed by atoms with Crippen LogP contribution in [0.2, 0.25) is 0 Å². The third-order valence-corrected chi connectivity index (χ3v) is 1.39. The Morgan fingerprint density at radius 2 is 1.83 bits per heavy atom. The number of rotatable bonds is 5. The van der Waals surface area contributed by atoms with Gasteiger partial charge in [0.15, 0.2) is 5.78 Å². The highest BCUT2D eigenvalue weighted by Gasteiger charge is 2.27. The number of hydrogen-bond acceptors (Lipinski definition) is 6. The van der Waals surface area contributed by atoms with Gasteiger partial charge in [-0.15, -0.1) is 0 Å². The number of carbonyl (C=O) groups is 1. The summed E-state index contributed by atoms with van der Waals surface area (Å²) in [6, 6.07) is 0. The van der Waals surface area contributed by atoms with Gasteiger partial charge >= 0.3 is 0 Å². The number of Topliss-reactive ketones (excluding diaryl/α,β-unsaturated/α-hetero) is 1. The Balaban J connectivity index is 4.09. The van der Waals surface area contributed by atoms with E-state index in [1.807, 2.05) is 0 Å². The van der Waals surface area contributed by atoms with Gasteiger partial charge in [0.1, 0.15) is 18.3 Å². The molecule has 0 aromatic carbocycles. The molecule has 0 spiro atoms. The first kappa shape index (κ1) is 11.5. The summed E-state index contributed by atoms with van der Waals surface area (Å²) in [6.07, 6.45) is -4.85. The summed E-state index contributed by atoms with van der Waals surface area (Å²) in [5.41, 5.74) is 4.93. The molecule has 0 amide bonds. The summed E-state index contributed by atoms with van der Waals surface area (Å²) in [7, 11) is 0. The molecule has 0 aliphatic carbocycles. The van der Waals surface area contributed by atoms with E-state index in [9.17, 15) is 4.79 Å². The van der Waals surface area contributed by atoms with Crippen LogP contribution in [0.5, 0.6) is 0 Å². The van der Waals surface area contributed by atoms with Crippen molar-refractivity contribution in [1.82, 2.24) is 0 Å². The molecule has 0 heterocycles. The summed E-state index contributed by atoms with van der Waals surface area (Å²) in [5, 5.41) is 34.8. The van der Waals surface area contributed by atoms with Gasteiger partial charge in [0.25, 0.3) is 0 Å². The summed E-state index contributed by atoms with van der Waals surface area (Å²) >= 11 is 0. The van der Waals surface area contributed by atoms with Crippen molar-refractivity contribution in [3.63, 3.8) is 0 Å². The van der Waals surface area contributed by atoms with Crippen molar-refractivity contribution < 1.29 is 25.2 Å². The van der Waals surface area contributed by atoms with E-state index >= 15 is 0 Å². The number of carbonyl (C=O) groups excluding carboxylic acids is 1. The van der Waals surface area contributed by atoms with Gasteiger partial charge in [-0.2, -0.15) is 0 Å². The highest BCUT2D eigenvalue weighted by molar-refractivity contribution is 5.87. The Bertz CT molecular complexity index is 151. The Kier molecular flexibility index (Phi) is 4.95. The van der Waals surface area contributed by atoms with Crippen molar-refractivity contribution in [3.05, 3.63) is 0 Å². The van der Waals surface area contributed by atoms with Gasteiger partial charge in [0.2, 0.25) is 0 Å². The van der Waals surface area contributed by atoms with E-state index in [0.717, 1.165) is 0 Å². The average molecular weight is 179 g/mol. The third kappa shape index (κ3) is 2.84. The van der Waals surface area contributed by atoms with E-state index in [0.29, 0.717) is 0 Å². The molecule has 0 fully saturated rings. The molecule has 0 radical (unpaired) electrons. The van der Waals surface area contributed by atoms with Gasteiger partial charge in [-0.05, 0) is 0 Å². The minimum absolute atomic E-state index is 0.325. The van der Waals surface area contributed by atoms with Gasteiger partial charge in [-0.1, -0.05) is 0 Å². The average Bonchev–Trinajstić information content (AvgIpc) is 2.12. The molecule has 0 saturated carbocycles. The monoisotopic (exact) mass is 179 g/mol. The summed E-state index contributed by atoms with van der Waals surface area (Å²) in [6.45, 7) is -1.07. The van der Waals surface area contributed by atoms with Gasteiger partial charge in [0, 0.05) is 6.54 Å². The van der Waals surface area contributed by atoms with E-state index in [-0.39, 0.29) is 6.54 Å². The Hall–Kier alpha value is -0.530. The molecule has 72 valence electrons. The van der Waals surface area contributed by atoms with Crippen LogP contribution in [0, 0.1) is 0 Å². The fourth-order valence-corrected chi connectivity index (χ4v) is 0.603. The molecule has 6 heteroatoms. The second kappa shape index (κ2) is 5.18. The smallest absolute Gasteiger partial charge is 0.193 e. The zero-order valence-corrected chi connectivity index (χ0v) is 6.42. The van der Waals surface area contributed by atoms with Crippen LogP contribution in [0.3, 0.4) is 0 Å². The number of ketones is 1. The summed E-state index contributed by atoms with van der Waals surface area (Å²) < 4.78 is 0. The van der Waals surface area contributed by atoms with E-state index in [4.69, 9.17) is 26.2 Å². The first-order chi connectivity index (χ1) is 5.54. The molecule has 0 aliphatic heterocycles. The fourth-order valence-electron chi connectivity index (χ4n) is 0.603. The molecule has 0 aromatic rings. The predicted molar refractivity (Wildman–Crippen MR) is 39.2 cm³/mol. The summed E-state index contributed by atoms with van der Waals surface area (Å²) in [4.78, 5) is 10.8. The zero-order valence-electron chi connectivity index (χ0n) is 6.42. The van der Waals surface area contributed by atoms with Crippen LogP contribution in [-0.4, -0.2) is 57.7 Å². The molecule has 6 N–H and O–H groups in total. The van der Waals surface area contributed by atoms with Crippen LogP contribution in [0.4, 0.5) is 0 Å². The van der Waals surface area contributed by atoms with Crippen LogP contribution in [0.1, 0.15) is 0 Å². The quantitative estimate of drug-likeness (QED) is 0.299. The maximum atomic E-state index is 10.8. The molecule has 0 rings (SSSR count). The molecule has 1 unspecified atom stereocenters. The minimum atomic E-state index is -1.78. The fraction of sp³-hybridized carbons (Fsp3) is 0.833. The van der Waals surface area contributed by atoms with Gasteiger partial charge in [0.05, 0.1) is 6.61 Å². The van der Waals surface area contributed by atoms with Crippen LogP contribution in [0.25, 0.3) is 0 Å². The van der Waals surface area contributed by atoms with Crippen LogP contribution >= 0.6 is 0 Å². The first-order valence-corrected chi connectivity index (χ1v) is 3.43. The normalized spacial score (nSPS) is 18.4. The van der Waals surface area contributed by atoms with E-state index < -0.39 is 30.7 Å². The minimum Gasteiger partial charge on any atom is -0.394 e. The maximum Gasteiger partial charge on any atom is 0.193 e. The Morgan fingerprint density at radius 3 is 2.17 bits per heavy atom. The molecular formula is C6H13NO5. The van der Waals surface area contributed by atoms with Crippen molar-refractivity contribution in [3.8, 4) is 0 Å². The number of hydrogen-bond donors (Lipinski definition) is 5. The molecule has 6 nitrogen and oxygen atoms in total. The molecule has 12 heavy (non-hydrogen) atoms. The van der Waals surface area contributed by atoms with Crippen molar-refractivity contribution in [1.29, 1.82) is 0 Å². The topological polar surface area (TPSA) is 124 Å². The molecule has 3 atom stereocenters. The molecule has 0 saturated heterocycles. The second-order valence-electron chi connectivity index (χ2n) is 2.35. The lowest BCUT2D eigenvalue weighted by Gasteiger charge is -2.16. The lowest BCUT2D eigenvalue weighted by molar-refractivity contribution is -0.142. The number of aliphatic hydroxyl groups excluding tert-OH is 4. The van der Waals surface area contributed by atoms with Crippen molar-refractivity contribution >= 4 is 5.78 Å². The Morgan fingerprint density at radius 1 is 1.33 bits per heavy atom. The molecule has 0 bridgehead atoms. The summed E-state index contributed by atoms with van der Waals surface area (Å²) in [5.74, 6) is -0.987. The second-order valence-corrected chi connectivity index (χ2v) is 2.35. The SMILES string of the molecule is NC[C@@H](O)C(=O)[C@H](O)C(O)CO.